The van der Waals surface area contributed by atoms with Crippen molar-refractivity contribution in [2.45, 2.75) is 13.8 Å². The smallest absolute Gasteiger partial charge is 0.329 e. The first-order chi connectivity index (χ1) is 13.9. The molecule has 2 amide bonds. The Morgan fingerprint density at radius 1 is 1.17 bits per heavy atom. The van der Waals surface area contributed by atoms with Gasteiger partial charge in [0.1, 0.15) is 11.5 Å². The van der Waals surface area contributed by atoms with E-state index in [1.165, 1.54) is 19.4 Å². The van der Waals surface area contributed by atoms with E-state index < -0.39 is 11.8 Å². The molecule has 0 fully saturated rings. The van der Waals surface area contributed by atoms with Crippen LogP contribution in [0.4, 0.5) is 11.4 Å². The number of halogens is 1. The molecule has 0 aliphatic carbocycles. The van der Waals surface area contributed by atoms with Crippen LogP contribution in [0, 0.1) is 0 Å². The minimum Gasteiger partial charge on any atom is -0.507 e. The summed E-state index contributed by atoms with van der Waals surface area (Å²) in [6, 6.07) is 9.76. The lowest BCUT2D eigenvalue weighted by Crippen LogP contribution is -2.32. The molecule has 0 aromatic heterocycles. The van der Waals surface area contributed by atoms with Gasteiger partial charge in [0.05, 0.1) is 19.0 Å². The highest BCUT2D eigenvalue weighted by molar-refractivity contribution is 6.40. The number of hydrogen-bond acceptors (Lipinski definition) is 6. The van der Waals surface area contributed by atoms with Crippen molar-refractivity contribution in [1.82, 2.24) is 5.43 Å². The number of hydrogen-bond donors (Lipinski definition) is 3. The Kier molecular flexibility index (Phi) is 7.85. The molecular weight excluding hydrogens is 396 g/mol. The number of nitrogens with zero attached hydrogens (tertiary/aromatic N) is 2. The standard InChI is InChI=1S/C20H23ClN4O4/c1-4-25(5-2)15-8-6-13(17(26)11-15)12-22-24-20(28)19(27)23-16-10-14(21)7-9-18(16)29-3/h6-12,26H,4-5H2,1-3H3,(H,23,27)(H,24,28). The molecule has 0 bridgehead atoms. The van der Waals surface area contributed by atoms with Crippen LogP contribution in [0.1, 0.15) is 19.4 Å². The summed E-state index contributed by atoms with van der Waals surface area (Å²) in [6.07, 6.45) is 1.26. The number of phenols is 1. The van der Waals surface area contributed by atoms with Crippen LogP contribution < -0.4 is 20.4 Å². The maximum atomic E-state index is 12.0. The normalized spacial score (nSPS) is 10.6. The highest BCUT2D eigenvalue weighted by atomic mass is 35.5. The molecule has 0 saturated heterocycles. The third-order valence-electron chi connectivity index (χ3n) is 4.13. The van der Waals surface area contributed by atoms with Gasteiger partial charge in [-0.15, -0.1) is 0 Å². The summed E-state index contributed by atoms with van der Waals surface area (Å²) in [5.74, 6) is -1.55. The van der Waals surface area contributed by atoms with E-state index >= 15 is 0 Å². The van der Waals surface area contributed by atoms with Crippen LogP contribution in [0.2, 0.25) is 5.02 Å². The van der Waals surface area contributed by atoms with Crippen LogP contribution in [0.3, 0.4) is 0 Å². The first kappa shape index (κ1) is 22.0. The van der Waals surface area contributed by atoms with Crippen molar-refractivity contribution in [3.8, 4) is 11.5 Å². The lowest BCUT2D eigenvalue weighted by atomic mass is 10.2. The molecule has 0 spiro atoms. The highest BCUT2D eigenvalue weighted by Crippen LogP contribution is 2.27. The van der Waals surface area contributed by atoms with E-state index in [4.69, 9.17) is 16.3 Å². The molecule has 8 nitrogen and oxygen atoms in total. The summed E-state index contributed by atoms with van der Waals surface area (Å²) < 4.78 is 5.11. The number of nitrogens with one attached hydrogen (secondary N) is 2. The van der Waals surface area contributed by atoms with Gasteiger partial charge in [-0.2, -0.15) is 5.10 Å². The summed E-state index contributed by atoms with van der Waals surface area (Å²) in [5.41, 5.74) is 3.65. The molecule has 0 unspecified atom stereocenters. The molecule has 29 heavy (non-hydrogen) atoms. The van der Waals surface area contributed by atoms with E-state index in [2.05, 4.69) is 20.7 Å². The maximum Gasteiger partial charge on any atom is 0.329 e. The molecule has 2 aromatic rings. The van der Waals surface area contributed by atoms with Crippen LogP contribution in [0.25, 0.3) is 0 Å². The van der Waals surface area contributed by atoms with Gasteiger partial charge in [-0.25, -0.2) is 5.43 Å². The van der Waals surface area contributed by atoms with Crippen LogP contribution >= 0.6 is 11.6 Å². The van der Waals surface area contributed by atoms with E-state index in [0.29, 0.717) is 16.3 Å². The van der Waals surface area contributed by atoms with Crippen molar-refractivity contribution < 1.29 is 19.4 Å². The van der Waals surface area contributed by atoms with Gasteiger partial charge >= 0.3 is 11.8 Å². The number of hydrazone groups is 1. The minimum absolute atomic E-state index is 0.0144. The van der Waals surface area contributed by atoms with Gasteiger partial charge in [-0.1, -0.05) is 11.6 Å². The van der Waals surface area contributed by atoms with Crippen molar-refractivity contribution in [2.24, 2.45) is 5.10 Å². The van der Waals surface area contributed by atoms with Gasteiger partial charge in [-0.3, -0.25) is 9.59 Å². The SMILES string of the molecule is CCN(CC)c1ccc(C=NNC(=O)C(=O)Nc2cc(Cl)ccc2OC)c(O)c1. The number of rotatable bonds is 7. The Morgan fingerprint density at radius 2 is 1.90 bits per heavy atom. The fourth-order valence-corrected chi connectivity index (χ4v) is 2.77. The summed E-state index contributed by atoms with van der Waals surface area (Å²) in [6.45, 7) is 5.67. The molecule has 0 aliphatic heterocycles. The predicted molar refractivity (Wildman–Crippen MR) is 114 cm³/mol. The zero-order valence-electron chi connectivity index (χ0n) is 16.4. The Morgan fingerprint density at radius 3 is 2.52 bits per heavy atom. The Labute approximate surface area is 174 Å². The molecule has 0 aliphatic rings. The van der Waals surface area contributed by atoms with E-state index in [-0.39, 0.29) is 11.4 Å². The highest BCUT2D eigenvalue weighted by Gasteiger charge is 2.15. The number of methoxy groups -OCH3 is 1. The largest absolute Gasteiger partial charge is 0.507 e. The van der Waals surface area contributed by atoms with Crippen molar-refractivity contribution in [1.29, 1.82) is 0 Å². The van der Waals surface area contributed by atoms with Crippen molar-refractivity contribution >= 4 is 41.0 Å². The molecule has 9 heteroatoms. The van der Waals surface area contributed by atoms with Crippen molar-refractivity contribution in [3.05, 3.63) is 47.0 Å². The fourth-order valence-electron chi connectivity index (χ4n) is 2.59. The first-order valence-electron chi connectivity index (χ1n) is 8.95. The summed E-state index contributed by atoms with van der Waals surface area (Å²) in [7, 11) is 1.43. The van der Waals surface area contributed by atoms with Gasteiger partial charge < -0.3 is 20.1 Å². The second-order valence-corrected chi connectivity index (χ2v) is 6.35. The van der Waals surface area contributed by atoms with Crippen LogP contribution in [0.5, 0.6) is 11.5 Å². The average molecular weight is 419 g/mol. The number of amides is 2. The fraction of sp³-hybridized carbons (Fsp3) is 0.250. The lowest BCUT2D eigenvalue weighted by molar-refractivity contribution is -0.136. The third-order valence-corrected chi connectivity index (χ3v) is 4.36. The number of carbonyl (C=O) groups excluding carboxylic acids is 2. The van der Waals surface area contributed by atoms with E-state index in [1.807, 2.05) is 19.9 Å². The van der Waals surface area contributed by atoms with E-state index in [9.17, 15) is 14.7 Å². The number of phenolic OH excluding ortho intramolecular Hbond substituents is 1. The molecule has 2 rings (SSSR count). The Balaban J connectivity index is 2.00. The summed E-state index contributed by atoms with van der Waals surface area (Å²) in [4.78, 5) is 26.1. The van der Waals surface area contributed by atoms with Crippen molar-refractivity contribution in [3.63, 3.8) is 0 Å². The molecule has 3 N–H and O–H groups in total. The molecule has 2 aromatic carbocycles. The summed E-state index contributed by atoms with van der Waals surface area (Å²) in [5, 5.41) is 16.7. The number of ether oxygens (including phenoxy) is 1. The molecule has 0 saturated carbocycles. The number of anilines is 2. The molecule has 154 valence electrons. The van der Waals surface area contributed by atoms with E-state index in [1.54, 1.807) is 24.3 Å². The van der Waals surface area contributed by atoms with Gasteiger partial charge in [0.15, 0.2) is 0 Å². The zero-order valence-corrected chi connectivity index (χ0v) is 17.2. The summed E-state index contributed by atoms with van der Waals surface area (Å²) >= 11 is 5.89. The molecule has 0 atom stereocenters. The van der Waals surface area contributed by atoms with E-state index in [0.717, 1.165) is 18.8 Å². The number of benzene rings is 2. The van der Waals surface area contributed by atoms with Crippen LogP contribution in [0.15, 0.2) is 41.5 Å². The van der Waals surface area contributed by atoms with Gasteiger partial charge in [-0.05, 0) is 44.2 Å². The number of carbonyl (C=O) groups is 2. The predicted octanol–water partition coefficient (Wildman–Crippen LogP) is 2.99. The maximum absolute atomic E-state index is 12.0. The van der Waals surface area contributed by atoms with Crippen LogP contribution in [-0.2, 0) is 9.59 Å². The zero-order chi connectivity index (χ0) is 21.4. The average Bonchev–Trinajstić information content (AvgIpc) is 2.70. The van der Waals surface area contributed by atoms with Crippen LogP contribution in [-0.4, -0.2) is 43.3 Å². The van der Waals surface area contributed by atoms with Gasteiger partial charge in [0.25, 0.3) is 0 Å². The number of aromatic hydroxyl groups is 1. The molecule has 0 radical (unpaired) electrons. The molecular formula is C20H23ClN4O4. The second kappa shape index (κ2) is 10.3. The lowest BCUT2D eigenvalue weighted by Gasteiger charge is -2.21. The second-order valence-electron chi connectivity index (χ2n) is 5.91. The topological polar surface area (TPSA) is 103 Å². The minimum atomic E-state index is -0.984. The quantitative estimate of drug-likeness (QED) is 0.364. The molecule has 0 heterocycles. The Hall–Kier alpha value is -3.26. The first-order valence-corrected chi connectivity index (χ1v) is 9.33. The van der Waals surface area contributed by atoms with Gasteiger partial charge in [0.2, 0.25) is 0 Å². The van der Waals surface area contributed by atoms with Gasteiger partial charge in [0, 0.05) is 35.4 Å². The van der Waals surface area contributed by atoms with Crippen molar-refractivity contribution in [2.75, 3.05) is 30.4 Å². The third kappa shape index (κ3) is 5.86. The Bertz CT molecular complexity index is 913. The monoisotopic (exact) mass is 418 g/mol.